The van der Waals surface area contributed by atoms with E-state index in [4.69, 9.17) is 21.1 Å². The topological polar surface area (TPSA) is 84.9 Å². The van der Waals surface area contributed by atoms with Crippen LogP contribution in [0.5, 0.6) is 5.75 Å². The van der Waals surface area contributed by atoms with Crippen LogP contribution in [-0.4, -0.2) is 48.6 Å². The fourth-order valence-electron chi connectivity index (χ4n) is 3.43. The lowest BCUT2D eigenvalue weighted by Crippen LogP contribution is -2.46. The lowest BCUT2D eigenvalue weighted by atomic mass is 10.0. The van der Waals surface area contributed by atoms with E-state index in [2.05, 4.69) is 5.32 Å². The summed E-state index contributed by atoms with van der Waals surface area (Å²) in [6.07, 6.45) is 0.884. The first kappa shape index (κ1) is 22.6. The molecule has 0 spiro atoms. The average molecular weight is 445 g/mol. The molecule has 8 heteroatoms. The highest BCUT2D eigenvalue weighted by molar-refractivity contribution is 6.30. The van der Waals surface area contributed by atoms with Gasteiger partial charge in [-0.05, 0) is 61.7 Å². The molecule has 0 bridgehead atoms. The van der Waals surface area contributed by atoms with Crippen molar-refractivity contribution in [2.75, 3.05) is 19.7 Å². The summed E-state index contributed by atoms with van der Waals surface area (Å²) in [5, 5.41) is 3.65. The number of rotatable bonds is 6. The molecule has 7 nitrogen and oxygen atoms in total. The predicted octanol–water partition coefficient (Wildman–Crippen LogP) is 3.84. The molecule has 1 N–H and O–H groups in total. The third-order valence-electron chi connectivity index (χ3n) is 4.97. The Bertz CT molecular complexity index is 924. The highest BCUT2D eigenvalue weighted by Crippen LogP contribution is 2.18. The van der Waals surface area contributed by atoms with Gasteiger partial charge >= 0.3 is 6.16 Å². The molecule has 164 valence electrons. The maximum atomic E-state index is 12.7. The highest BCUT2D eigenvalue weighted by Gasteiger charge is 2.24. The fourth-order valence-corrected chi connectivity index (χ4v) is 3.64. The Morgan fingerprint density at radius 1 is 1.10 bits per heavy atom. The van der Waals surface area contributed by atoms with Crippen LogP contribution in [0.4, 0.5) is 4.79 Å². The van der Waals surface area contributed by atoms with E-state index in [9.17, 15) is 14.4 Å². The molecule has 0 saturated carbocycles. The summed E-state index contributed by atoms with van der Waals surface area (Å²) in [5.41, 5.74) is 1.38. The minimum atomic E-state index is -0.777. The second-order valence-electron chi connectivity index (χ2n) is 7.25. The van der Waals surface area contributed by atoms with Gasteiger partial charge in [-0.2, -0.15) is 0 Å². The Labute approximate surface area is 186 Å². The summed E-state index contributed by atoms with van der Waals surface area (Å²) in [7, 11) is 0. The number of amides is 2. The Hall–Kier alpha value is -3.06. The zero-order chi connectivity index (χ0) is 22.2. The lowest BCUT2D eigenvalue weighted by Gasteiger charge is -2.32. The minimum absolute atomic E-state index is 0.0380. The lowest BCUT2D eigenvalue weighted by molar-refractivity contribution is -0.121. The third-order valence-corrected chi connectivity index (χ3v) is 5.20. The van der Waals surface area contributed by atoms with Crippen molar-refractivity contribution >= 4 is 29.6 Å². The smallest absolute Gasteiger partial charge is 0.434 e. The molecule has 1 aliphatic rings. The van der Waals surface area contributed by atoms with Crippen molar-refractivity contribution in [3.63, 3.8) is 0 Å². The van der Waals surface area contributed by atoms with Crippen molar-refractivity contribution in [1.29, 1.82) is 0 Å². The molecule has 2 aromatic rings. The van der Waals surface area contributed by atoms with Gasteiger partial charge in [0.15, 0.2) is 0 Å². The molecule has 31 heavy (non-hydrogen) atoms. The molecular formula is C23H25ClN2O5. The van der Waals surface area contributed by atoms with Crippen LogP contribution in [0.2, 0.25) is 5.02 Å². The number of halogens is 1. The second-order valence-corrected chi connectivity index (χ2v) is 7.69. The van der Waals surface area contributed by atoms with E-state index in [0.29, 0.717) is 42.3 Å². The van der Waals surface area contributed by atoms with Crippen LogP contribution in [0, 0.1) is 0 Å². The molecule has 1 heterocycles. The maximum absolute atomic E-state index is 12.7. The number of benzene rings is 2. The molecule has 3 rings (SSSR count). The Balaban J connectivity index is 1.46. The molecule has 2 amide bonds. The molecule has 0 radical (unpaired) electrons. The Morgan fingerprint density at radius 2 is 1.81 bits per heavy atom. The standard InChI is InChI=1S/C23H25ClN2O5/c1-2-30-23(29)31-20-8-6-17(7-9-20)22(28)26-12-10-19(11-13-26)25-21(27)15-16-4-3-5-18(24)14-16/h3-9,14,19H,2,10-13,15H2,1H3,(H,25,27). The highest BCUT2D eigenvalue weighted by atomic mass is 35.5. The average Bonchev–Trinajstić information content (AvgIpc) is 2.74. The zero-order valence-corrected chi connectivity index (χ0v) is 18.1. The van der Waals surface area contributed by atoms with Crippen LogP contribution in [-0.2, 0) is 16.0 Å². The van der Waals surface area contributed by atoms with Crippen LogP contribution >= 0.6 is 11.6 Å². The summed E-state index contributed by atoms with van der Waals surface area (Å²) in [4.78, 5) is 38.1. The van der Waals surface area contributed by atoms with Gasteiger partial charge in [0.25, 0.3) is 5.91 Å². The summed E-state index contributed by atoms with van der Waals surface area (Å²) in [6, 6.07) is 13.7. The largest absolute Gasteiger partial charge is 0.513 e. The normalized spacial score (nSPS) is 14.1. The van der Waals surface area contributed by atoms with Crippen LogP contribution in [0.3, 0.4) is 0 Å². The van der Waals surface area contributed by atoms with Gasteiger partial charge in [0, 0.05) is 29.7 Å². The maximum Gasteiger partial charge on any atom is 0.513 e. The van der Waals surface area contributed by atoms with Crippen LogP contribution in [0.1, 0.15) is 35.7 Å². The van der Waals surface area contributed by atoms with Crippen molar-refractivity contribution < 1.29 is 23.9 Å². The van der Waals surface area contributed by atoms with Gasteiger partial charge in [0.05, 0.1) is 13.0 Å². The first-order valence-corrected chi connectivity index (χ1v) is 10.6. The number of likely N-dealkylation sites (tertiary alicyclic amines) is 1. The molecule has 2 aromatic carbocycles. The summed E-state index contributed by atoms with van der Waals surface area (Å²) in [5.74, 6) is 0.173. The van der Waals surface area contributed by atoms with Crippen molar-refractivity contribution in [3.05, 3.63) is 64.7 Å². The first-order chi connectivity index (χ1) is 14.9. The van der Waals surface area contributed by atoms with E-state index < -0.39 is 6.16 Å². The third kappa shape index (κ3) is 6.72. The van der Waals surface area contributed by atoms with Crippen molar-refractivity contribution in [3.8, 4) is 5.75 Å². The monoisotopic (exact) mass is 444 g/mol. The van der Waals surface area contributed by atoms with Crippen LogP contribution in [0.25, 0.3) is 0 Å². The van der Waals surface area contributed by atoms with E-state index in [1.54, 1.807) is 48.2 Å². The summed E-state index contributed by atoms with van der Waals surface area (Å²) < 4.78 is 9.72. The van der Waals surface area contributed by atoms with Gasteiger partial charge in [0.2, 0.25) is 5.91 Å². The molecule has 1 fully saturated rings. The molecule has 1 aliphatic heterocycles. The Morgan fingerprint density at radius 3 is 2.45 bits per heavy atom. The van der Waals surface area contributed by atoms with Gasteiger partial charge < -0.3 is 19.7 Å². The molecule has 0 unspecified atom stereocenters. The van der Waals surface area contributed by atoms with Crippen molar-refractivity contribution in [1.82, 2.24) is 10.2 Å². The molecule has 0 aromatic heterocycles. The van der Waals surface area contributed by atoms with E-state index >= 15 is 0 Å². The van der Waals surface area contributed by atoms with Gasteiger partial charge in [-0.25, -0.2) is 4.79 Å². The van der Waals surface area contributed by atoms with Crippen LogP contribution < -0.4 is 10.1 Å². The number of hydrogen-bond donors (Lipinski definition) is 1. The van der Waals surface area contributed by atoms with Gasteiger partial charge in [-0.1, -0.05) is 23.7 Å². The minimum Gasteiger partial charge on any atom is -0.434 e. The quantitative estimate of drug-likeness (QED) is 0.540. The summed E-state index contributed by atoms with van der Waals surface area (Å²) >= 11 is 5.96. The first-order valence-electron chi connectivity index (χ1n) is 10.2. The number of nitrogens with one attached hydrogen (secondary N) is 1. The van der Waals surface area contributed by atoms with Crippen molar-refractivity contribution in [2.45, 2.75) is 32.2 Å². The summed E-state index contributed by atoms with van der Waals surface area (Å²) in [6.45, 7) is 3.04. The van der Waals surface area contributed by atoms with Gasteiger partial charge in [0.1, 0.15) is 5.75 Å². The Kier molecular flexibility index (Phi) is 7.89. The molecular weight excluding hydrogens is 420 g/mol. The molecule has 0 aliphatic carbocycles. The molecule has 1 saturated heterocycles. The van der Waals surface area contributed by atoms with E-state index in [-0.39, 0.29) is 30.9 Å². The number of carbonyl (C=O) groups is 3. The van der Waals surface area contributed by atoms with Crippen molar-refractivity contribution in [2.24, 2.45) is 0 Å². The SMILES string of the molecule is CCOC(=O)Oc1ccc(C(=O)N2CCC(NC(=O)Cc3cccc(Cl)c3)CC2)cc1. The van der Waals surface area contributed by atoms with E-state index in [1.807, 2.05) is 12.1 Å². The molecule has 0 atom stereocenters. The number of ether oxygens (including phenoxy) is 2. The number of piperidine rings is 1. The fraction of sp³-hybridized carbons (Fsp3) is 0.348. The second kappa shape index (κ2) is 10.8. The van der Waals surface area contributed by atoms with Gasteiger partial charge in [-0.3, -0.25) is 9.59 Å². The van der Waals surface area contributed by atoms with Gasteiger partial charge in [-0.15, -0.1) is 0 Å². The van der Waals surface area contributed by atoms with Crippen LogP contribution in [0.15, 0.2) is 48.5 Å². The number of hydrogen-bond acceptors (Lipinski definition) is 5. The van der Waals surface area contributed by atoms with E-state index in [0.717, 1.165) is 5.56 Å². The predicted molar refractivity (Wildman–Crippen MR) is 116 cm³/mol. The zero-order valence-electron chi connectivity index (χ0n) is 17.3. The number of nitrogens with zero attached hydrogens (tertiary/aromatic N) is 1. The number of carbonyl (C=O) groups excluding carboxylic acids is 3. The van der Waals surface area contributed by atoms with E-state index in [1.165, 1.54) is 0 Å².